The molecule has 0 radical (unpaired) electrons. The lowest BCUT2D eigenvalue weighted by Crippen LogP contribution is -2.34. The van der Waals surface area contributed by atoms with Gasteiger partial charge in [-0.15, -0.1) is 0 Å². The number of ether oxygens (including phenoxy) is 2. The molecule has 1 rings (SSSR count). The van der Waals surface area contributed by atoms with Gasteiger partial charge in [0, 0.05) is 34.9 Å². The van der Waals surface area contributed by atoms with Crippen LogP contribution in [-0.2, 0) is 10.8 Å². The minimum Gasteiger partial charge on any atom is -0.493 e. The first-order valence-electron chi connectivity index (χ1n) is 6.79. The quantitative estimate of drug-likeness (QED) is 0.801. The molecule has 0 fully saturated rings. The van der Waals surface area contributed by atoms with Crippen molar-refractivity contribution in [2.75, 3.05) is 26.2 Å². The Labute approximate surface area is 124 Å². The maximum atomic E-state index is 11.3. The molecule has 0 saturated carbocycles. The van der Waals surface area contributed by atoms with E-state index in [4.69, 9.17) is 9.47 Å². The summed E-state index contributed by atoms with van der Waals surface area (Å²) in [6.45, 7) is 4.19. The van der Waals surface area contributed by atoms with Crippen LogP contribution in [0, 0.1) is 0 Å². The monoisotopic (exact) mass is 299 g/mol. The van der Waals surface area contributed by atoms with Gasteiger partial charge in [0.2, 0.25) is 0 Å². The Hall–Kier alpha value is -1.07. The summed E-state index contributed by atoms with van der Waals surface area (Å²) in [6, 6.07) is 6.38. The fourth-order valence-corrected chi connectivity index (χ4v) is 3.06. The molecule has 5 heteroatoms. The molecular weight excluding hydrogens is 274 g/mol. The highest BCUT2D eigenvalue weighted by atomic mass is 32.2. The zero-order valence-electron chi connectivity index (χ0n) is 12.9. The minimum atomic E-state index is -0.789. The summed E-state index contributed by atoms with van der Waals surface area (Å²) < 4.78 is 21.9. The Balaban J connectivity index is 2.86. The molecule has 0 saturated heterocycles. The van der Waals surface area contributed by atoms with Crippen LogP contribution in [0.3, 0.4) is 0 Å². The summed E-state index contributed by atoms with van der Waals surface area (Å²) in [5, 5.41) is 3.51. The summed E-state index contributed by atoms with van der Waals surface area (Å²) in [4.78, 5) is 0. The van der Waals surface area contributed by atoms with Crippen molar-refractivity contribution in [1.82, 2.24) is 5.32 Å². The van der Waals surface area contributed by atoms with Crippen LogP contribution in [0.1, 0.15) is 31.9 Å². The van der Waals surface area contributed by atoms with Gasteiger partial charge in [0.1, 0.15) is 0 Å². The number of rotatable bonds is 8. The molecule has 20 heavy (non-hydrogen) atoms. The average molecular weight is 299 g/mol. The average Bonchev–Trinajstić information content (AvgIpc) is 2.43. The summed E-state index contributed by atoms with van der Waals surface area (Å²) in [6.07, 6.45) is 2.69. The van der Waals surface area contributed by atoms with E-state index in [1.165, 1.54) is 0 Å². The summed E-state index contributed by atoms with van der Waals surface area (Å²) in [5.41, 5.74) is 1.15. The van der Waals surface area contributed by atoms with E-state index >= 15 is 0 Å². The summed E-state index contributed by atoms with van der Waals surface area (Å²) >= 11 is 0. The molecular formula is C15H25NO3S. The zero-order chi connectivity index (χ0) is 15.1. The van der Waals surface area contributed by atoms with Gasteiger partial charge in [-0.25, -0.2) is 0 Å². The van der Waals surface area contributed by atoms with Crippen molar-refractivity contribution in [3.8, 4) is 11.5 Å². The lowest BCUT2D eigenvalue weighted by atomic mass is 10.0. The maximum absolute atomic E-state index is 11.3. The van der Waals surface area contributed by atoms with Crippen molar-refractivity contribution >= 4 is 10.8 Å². The van der Waals surface area contributed by atoms with Crippen molar-refractivity contribution in [2.45, 2.75) is 32.4 Å². The molecule has 0 spiro atoms. The Morgan fingerprint density at radius 2 is 1.90 bits per heavy atom. The molecule has 1 aromatic rings. The summed E-state index contributed by atoms with van der Waals surface area (Å²) in [5.74, 6) is 2.12. The SMILES string of the molecule is CCC(NC(C)CS(C)=O)c1ccc(OC)c(OC)c1. The molecule has 4 nitrogen and oxygen atoms in total. The van der Waals surface area contributed by atoms with Crippen molar-refractivity contribution in [3.05, 3.63) is 23.8 Å². The van der Waals surface area contributed by atoms with Crippen molar-refractivity contribution in [2.24, 2.45) is 0 Å². The van der Waals surface area contributed by atoms with E-state index < -0.39 is 10.8 Å². The fourth-order valence-electron chi connectivity index (χ4n) is 2.26. The topological polar surface area (TPSA) is 47.6 Å². The van der Waals surface area contributed by atoms with E-state index in [2.05, 4.69) is 19.2 Å². The molecule has 1 aromatic carbocycles. The molecule has 0 amide bonds. The van der Waals surface area contributed by atoms with Crippen LogP contribution >= 0.6 is 0 Å². The highest BCUT2D eigenvalue weighted by molar-refractivity contribution is 7.84. The van der Waals surface area contributed by atoms with Crippen LogP contribution in [0.4, 0.5) is 0 Å². The second-order valence-electron chi connectivity index (χ2n) is 4.88. The van der Waals surface area contributed by atoms with E-state index in [1.807, 2.05) is 18.2 Å². The second-order valence-corrected chi connectivity index (χ2v) is 6.36. The number of hydrogen-bond acceptors (Lipinski definition) is 4. The lowest BCUT2D eigenvalue weighted by molar-refractivity contribution is 0.353. The first-order valence-corrected chi connectivity index (χ1v) is 8.52. The van der Waals surface area contributed by atoms with Gasteiger partial charge in [0.05, 0.1) is 14.2 Å². The highest BCUT2D eigenvalue weighted by Gasteiger charge is 2.15. The third kappa shape index (κ3) is 4.80. The van der Waals surface area contributed by atoms with Crippen LogP contribution in [0.2, 0.25) is 0 Å². The van der Waals surface area contributed by atoms with Crippen LogP contribution in [-0.4, -0.2) is 36.5 Å². The predicted molar refractivity (Wildman–Crippen MR) is 84.1 cm³/mol. The first kappa shape index (κ1) is 17.0. The van der Waals surface area contributed by atoms with E-state index in [0.29, 0.717) is 5.75 Å². The number of nitrogens with one attached hydrogen (secondary N) is 1. The van der Waals surface area contributed by atoms with Gasteiger partial charge in [0.15, 0.2) is 11.5 Å². The Bertz CT molecular complexity index is 451. The van der Waals surface area contributed by atoms with Crippen molar-refractivity contribution in [1.29, 1.82) is 0 Å². The molecule has 0 aliphatic carbocycles. The normalized spacial score (nSPS) is 15.4. The molecule has 0 heterocycles. The molecule has 3 atom stereocenters. The van der Waals surface area contributed by atoms with Crippen LogP contribution in [0.25, 0.3) is 0 Å². The zero-order valence-corrected chi connectivity index (χ0v) is 13.8. The van der Waals surface area contributed by atoms with Gasteiger partial charge in [0.25, 0.3) is 0 Å². The van der Waals surface area contributed by atoms with E-state index in [1.54, 1.807) is 20.5 Å². The van der Waals surface area contributed by atoms with E-state index in [0.717, 1.165) is 23.5 Å². The molecule has 3 unspecified atom stereocenters. The van der Waals surface area contributed by atoms with Gasteiger partial charge in [-0.1, -0.05) is 13.0 Å². The van der Waals surface area contributed by atoms with E-state index in [9.17, 15) is 4.21 Å². The molecule has 0 aliphatic rings. The fraction of sp³-hybridized carbons (Fsp3) is 0.600. The summed E-state index contributed by atoms with van der Waals surface area (Å²) in [7, 11) is 2.48. The Morgan fingerprint density at radius 3 is 2.40 bits per heavy atom. The highest BCUT2D eigenvalue weighted by Crippen LogP contribution is 2.30. The van der Waals surface area contributed by atoms with Crippen LogP contribution in [0.15, 0.2) is 18.2 Å². The van der Waals surface area contributed by atoms with Gasteiger partial charge >= 0.3 is 0 Å². The predicted octanol–water partition coefficient (Wildman–Crippen LogP) is 2.51. The van der Waals surface area contributed by atoms with Crippen molar-refractivity contribution < 1.29 is 13.7 Å². The maximum Gasteiger partial charge on any atom is 0.161 e. The van der Waals surface area contributed by atoms with Gasteiger partial charge in [-0.3, -0.25) is 4.21 Å². The number of hydrogen-bond donors (Lipinski definition) is 1. The standard InChI is InChI=1S/C15H25NO3S/c1-6-13(16-11(2)10-20(5)17)12-7-8-14(18-3)15(9-12)19-4/h7-9,11,13,16H,6,10H2,1-5H3. The van der Waals surface area contributed by atoms with Crippen LogP contribution < -0.4 is 14.8 Å². The molecule has 0 aliphatic heterocycles. The largest absolute Gasteiger partial charge is 0.493 e. The Morgan fingerprint density at radius 1 is 1.25 bits per heavy atom. The number of benzene rings is 1. The lowest BCUT2D eigenvalue weighted by Gasteiger charge is -2.23. The third-order valence-electron chi connectivity index (χ3n) is 3.19. The van der Waals surface area contributed by atoms with E-state index in [-0.39, 0.29) is 12.1 Å². The second kappa shape index (κ2) is 8.27. The first-order chi connectivity index (χ1) is 9.51. The molecule has 114 valence electrons. The molecule has 0 aromatic heterocycles. The molecule has 1 N–H and O–H groups in total. The smallest absolute Gasteiger partial charge is 0.161 e. The Kier molecular flexibility index (Phi) is 7.02. The van der Waals surface area contributed by atoms with Gasteiger partial charge in [-0.05, 0) is 31.0 Å². The third-order valence-corrected chi connectivity index (χ3v) is 4.16. The minimum absolute atomic E-state index is 0.207. The number of methoxy groups -OCH3 is 2. The van der Waals surface area contributed by atoms with Gasteiger partial charge < -0.3 is 14.8 Å². The van der Waals surface area contributed by atoms with Crippen LogP contribution in [0.5, 0.6) is 11.5 Å². The van der Waals surface area contributed by atoms with Crippen molar-refractivity contribution in [3.63, 3.8) is 0 Å². The molecule has 0 bridgehead atoms. The van der Waals surface area contributed by atoms with Gasteiger partial charge in [-0.2, -0.15) is 0 Å².